The largest absolute Gasteiger partial charge is 0.490 e. The summed E-state index contributed by atoms with van der Waals surface area (Å²) >= 11 is 0. The SMILES string of the molecule is CC(C)Oc1ccc(-c2ccc3c(N4CCOC[C@@H]4C)nc(N4CCOC[C@@H]4C)nc3n2)cc1C(N)=O. The Kier molecular flexibility index (Phi) is 7.12. The fraction of sp³-hybridized carbons (Fsp3) is 0.481. The first-order valence-corrected chi connectivity index (χ1v) is 12.8. The zero-order valence-electron chi connectivity index (χ0n) is 21.8. The lowest BCUT2D eigenvalue weighted by Gasteiger charge is -2.37. The molecule has 3 aromatic rings. The summed E-state index contributed by atoms with van der Waals surface area (Å²) in [4.78, 5) is 31.5. The van der Waals surface area contributed by atoms with Gasteiger partial charge in [-0.25, -0.2) is 4.98 Å². The molecule has 0 bridgehead atoms. The fourth-order valence-electron chi connectivity index (χ4n) is 4.80. The molecule has 0 aliphatic carbocycles. The van der Waals surface area contributed by atoms with Crippen molar-refractivity contribution in [2.75, 3.05) is 49.3 Å². The maximum Gasteiger partial charge on any atom is 0.252 e. The van der Waals surface area contributed by atoms with Gasteiger partial charge in [-0.05, 0) is 58.0 Å². The molecule has 10 nitrogen and oxygen atoms in total. The molecule has 2 aromatic heterocycles. The average molecular weight is 507 g/mol. The van der Waals surface area contributed by atoms with Gasteiger partial charge in [0.25, 0.3) is 5.91 Å². The van der Waals surface area contributed by atoms with E-state index in [1.807, 2.05) is 32.0 Å². The van der Waals surface area contributed by atoms with Gasteiger partial charge in [0.15, 0.2) is 5.65 Å². The van der Waals surface area contributed by atoms with Crippen LogP contribution in [-0.4, -0.2) is 78.6 Å². The summed E-state index contributed by atoms with van der Waals surface area (Å²) in [5.74, 6) is 1.40. The number of hydrogen-bond donors (Lipinski definition) is 1. The lowest BCUT2D eigenvalue weighted by atomic mass is 10.1. The molecular weight excluding hydrogens is 472 g/mol. The van der Waals surface area contributed by atoms with Gasteiger partial charge >= 0.3 is 0 Å². The molecule has 37 heavy (non-hydrogen) atoms. The minimum atomic E-state index is -0.548. The summed E-state index contributed by atoms with van der Waals surface area (Å²) in [5.41, 5.74) is 8.03. The molecule has 2 atom stereocenters. The Morgan fingerprint density at radius 1 is 1.00 bits per heavy atom. The number of carbonyl (C=O) groups excluding carboxylic acids is 1. The maximum atomic E-state index is 12.2. The lowest BCUT2D eigenvalue weighted by Crippen LogP contribution is -2.46. The van der Waals surface area contributed by atoms with Gasteiger partial charge in [-0.3, -0.25) is 4.79 Å². The molecule has 2 aliphatic rings. The van der Waals surface area contributed by atoms with Crippen LogP contribution in [0.3, 0.4) is 0 Å². The number of morpholine rings is 2. The van der Waals surface area contributed by atoms with Crippen LogP contribution in [0, 0.1) is 0 Å². The first-order chi connectivity index (χ1) is 17.8. The number of anilines is 2. The molecule has 1 amide bonds. The third kappa shape index (κ3) is 5.17. The van der Waals surface area contributed by atoms with E-state index in [2.05, 4.69) is 23.6 Å². The second-order valence-corrected chi connectivity index (χ2v) is 9.89. The van der Waals surface area contributed by atoms with Crippen LogP contribution in [0.15, 0.2) is 30.3 Å². The first-order valence-electron chi connectivity index (χ1n) is 12.8. The van der Waals surface area contributed by atoms with Gasteiger partial charge in [-0.15, -0.1) is 0 Å². The highest BCUT2D eigenvalue weighted by molar-refractivity contribution is 5.97. The second kappa shape index (κ2) is 10.5. The number of carbonyl (C=O) groups is 1. The van der Waals surface area contributed by atoms with E-state index in [0.29, 0.717) is 61.6 Å². The Bertz CT molecular complexity index is 1300. The van der Waals surface area contributed by atoms with Gasteiger partial charge in [0.2, 0.25) is 5.95 Å². The number of pyridine rings is 1. The second-order valence-electron chi connectivity index (χ2n) is 9.89. The van der Waals surface area contributed by atoms with Crippen molar-refractivity contribution >= 4 is 28.7 Å². The summed E-state index contributed by atoms with van der Waals surface area (Å²) in [6, 6.07) is 9.64. The minimum absolute atomic E-state index is 0.0820. The number of amides is 1. The predicted octanol–water partition coefficient (Wildman–Crippen LogP) is 3.03. The van der Waals surface area contributed by atoms with Crippen molar-refractivity contribution in [3.05, 3.63) is 35.9 Å². The van der Waals surface area contributed by atoms with Crippen molar-refractivity contribution in [3.8, 4) is 17.0 Å². The Morgan fingerprint density at radius 3 is 2.35 bits per heavy atom. The third-order valence-electron chi connectivity index (χ3n) is 6.70. The molecule has 10 heteroatoms. The fourth-order valence-corrected chi connectivity index (χ4v) is 4.80. The molecule has 5 rings (SSSR count). The molecule has 0 spiro atoms. The van der Waals surface area contributed by atoms with Crippen molar-refractivity contribution in [2.24, 2.45) is 5.73 Å². The van der Waals surface area contributed by atoms with Gasteiger partial charge in [0.05, 0.1) is 61.3 Å². The molecule has 196 valence electrons. The number of hydrogen-bond acceptors (Lipinski definition) is 9. The number of benzene rings is 1. The molecule has 2 saturated heterocycles. The molecule has 1 aromatic carbocycles. The van der Waals surface area contributed by atoms with E-state index in [-0.39, 0.29) is 18.2 Å². The summed E-state index contributed by atoms with van der Waals surface area (Å²) in [6.45, 7) is 12.1. The smallest absolute Gasteiger partial charge is 0.252 e. The van der Waals surface area contributed by atoms with Crippen LogP contribution < -0.4 is 20.3 Å². The molecule has 2 fully saturated rings. The topological polar surface area (TPSA) is 116 Å². The number of rotatable bonds is 6. The van der Waals surface area contributed by atoms with Crippen molar-refractivity contribution < 1.29 is 19.0 Å². The van der Waals surface area contributed by atoms with Gasteiger partial charge in [-0.2, -0.15) is 9.97 Å². The number of aromatic nitrogens is 3. The zero-order valence-corrected chi connectivity index (χ0v) is 21.8. The molecule has 0 saturated carbocycles. The van der Waals surface area contributed by atoms with Crippen molar-refractivity contribution in [3.63, 3.8) is 0 Å². The number of ether oxygens (including phenoxy) is 3. The van der Waals surface area contributed by atoms with Gasteiger partial charge in [0.1, 0.15) is 11.6 Å². The van der Waals surface area contributed by atoms with Crippen LogP contribution in [0.1, 0.15) is 38.1 Å². The van der Waals surface area contributed by atoms with E-state index in [4.69, 9.17) is 34.9 Å². The average Bonchev–Trinajstić information content (AvgIpc) is 2.88. The normalized spacial score (nSPS) is 20.5. The van der Waals surface area contributed by atoms with E-state index in [9.17, 15) is 4.79 Å². The summed E-state index contributed by atoms with van der Waals surface area (Å²) in [5, 5.41) is 0.872. The molecule has 2 N–H and O–H groups in total. The zero-order chi connectivity index (χ0) is 26.1. The lowest BCUT2D eigenvalue weighted by molar-refractivity contribution is 0.0973. The Labute approximate surface area is 216 Å². The van der Waals surface area contributed by atoms with Gasteiger partial charge < -0.3 is 29.7 Å². The highest BCUT2D eigenvalue weighted by Crippen LogP contribution is 2.32. The van der Waals surface area contributed by atoms with E-state index in [1.54, 1.807) is 12.1 Å². The van der Waals surface area contributed by atoms with Gasteiger partial charge in [-0.1, -0.05) is 0 Å². The first kappa shape index (κ1) is 25.2. The van der Waals surface area contributed by atoms with Gasteiger partial charge in [0, 0.05) is 18.7 Å². The Hall–Kier alpha value is -3.50. The van der Waals surface area contributed by atoms with Crippen LogP contribution in [-0.2, 0) is 9.47 Å². The summed E-state index contributed by atoms with van der Waals surface area (Å²) in [6.07, 6.45) is -0.0820. The van der Waals surface area contributed by atoms with E-state index in [1.165, 1.54) is 0 Å². The number of nitrogens with two attached hydrogens (primary N) is 1. The van der Waals surface area contributed by atoms with Crippen LogP contribution in [0.25, 0.3) is 22.3 Å². The van der Waals surface area contributed by atoms with E-state index < -0.39 is 5.91 Å². The van der Waals surface area contributed by atoms with E-state index in [0.717, 1.165) is 23.3 Å². The monoisotopic (exact) mass is 506 g/mol. The molecular formula is C27H34N6O4. The highest BCUT2D eigenvalue weighted by Gasteiger charge is 2.27. The van der Waals surface area contributed by atoms with Crippen molar-refractivity contribution in [1.29, 1.82) is 0 Å². The minimum Gasteiger partial charge on any atom is -0.490 e. The quantitative estimate of drug-likeness (QED) is 0.538. The van der Waals surface area contributed by atoms with Crippen molar-refractivity contribution in [1.82, 2.24) is 15.0 Å². The van der Waals surface area contributed by atoms with E-state index >= 15 is 0 Å². The molecule has 4 heterocycles. The molecule has 0 unspecified atom stereocenters. The van der Waals surface area contributed by atoms with Crippen LogP contribution in [0.4, 0.5) is 11.8 Å². The molecule has 2 aliphatic heterocycles. The number of nitrogens with zero attached hydrogens (tertiary/aromatic N) is 5. The highest BCUT2D eigenvalue weighted by atomic mass is 16.5. The molecule has 0 radical (unpaired) electrons. The Morgan fingerprint density at radius 2 is 1.70 bits per heavy atom. The van der Waals surface area contributed by atoms with Crippen LogP contribution in [0.5, 0.6) is 5.75 Å². The Balaban J connectivity index is 1.62. The standard InChI is InChI=1S/C27H34N6O4/c1-16(2)37-23-8-5-19(13-21(23)24(28)34)22-7-6-20-25(29-22)30-27(33-10-12-36-15-18(33)4)31-26(20)32-9-11-35-14-17(32)3/h5-8,13,16-18H,9-12,14-15H2,1-4H3,(H2,28,34)/t17-,18-/m0/s1. The summed E-state index contributed by atoms with van der Waals surface area (Å²) < 4.78 is 17.1. The predicted molar refractivity (Wildman–Crippen MR) is 142 cm³/mol. The summed E-state index contributed by atoms with van der Waals surface area (Å²) in [7, 11) is 0. The van der Waals surface area contributed by atoms with Crippen LogP contribution >= 0.6 is 0 Å². The number of primary amides is 1. The van der Waals surface area contributed by atoms with Crippen LogP contribution in [0.2, 0.25) is 0 Å². The maximum absolute atomic E-state index is 12.2. The number of fused-ring (bicyclic) bond motifs is 1. The third-order valence-corrected chi connectivity index (χ3v) is 6.70. The van der Waals surface area contributed by atoms with Crippen molar-refractivity contribution in [2.45, 2.75) is 45.9 Å².